The van der Waals surface area contributed by atoms with Crippen LogP contribution in [-0.4, -0.2) is 45.5 Å². The molecular weight excluding hydrogens is 504 g/mol. The van der Waals surface area contributed by atoms with Crippen LogP contribution in [0, 0.1) is 0 Å². The zero-order chi connectivity index (χ0) is 26.5. The molecule has 2 aliphatic rings. The van der Waals surface area contributed by atoms with E-state index in [2.05, 4.69) is 17.4 Å². The highest BCUT2D eigenvalue weighted by molar-refractivity contribution is 8.14. The minimum atomic E-state index is -0.398. The number of methoxy groups -OCH3 is 1. The molecule has 1 aliphatic carbocycles. The summed E-state index contributed by atoms with van der Waals surface area (Å²) in [5.74, 6) is 1.12. The van der Waals surface area contributed by atoms with Crippen LogP contribution in [0.5, 0.6) is 11.5 Å². The van der Waals surface area contributed by atoms with E-state index in [4.69, 9.17) is 19.1 Å². The molecule has 1 unspecified atom stereocenters. The summed E-state index contributed by atoms with van der Waals surface area (Å²) in [5.41, 5.74) is 3.14. The molecule has 1 aliphatic heterocycles. The highest BCUT2D eigenvalue weighted by atomic mass is 32.2. The van der Waals surface area contributed by atoms with E-state index in [-0.39, 0.29) is 28.9 Å². The predicted molar refractivity (Wildman–Crippen MR) is 146 cm³/mol. The normalized spacial score (nSPS) is 17.8. The summed E-state index contributed by atoms with van der Waals surface area (Å²) in [6.45, 7) is 2.32. The van der Waals surface area contributed by atoms with Crippen molar-refractivity contribution in [2.75, 3.05) is 12.4 Å². The van der Waals surface area contributed by atoms with Crippen molar-refractivity contribution < 1.29 is 23.6 Å². The largest absolute Gasteiger partial charge is 0.493 e. The maximum Gasteiger partial charge on any atom is 0.302 e. The van der Waals surface area contributed by atoms with Gasteiger partial charge in [-0.05, 0) is 68.0 Å². The number of carbonyl (C=O) groups is 2. The summed E-state index contributed by atoms with van der Waals surface area (Å²) in [6, 6.07) is 14.6. The van der Waals surface area contributed by atoms with Gasteiger partial charge in [0.1, 0.15) is 0 Å². The molecule has 0 saturated heterocycles. The first-order chi connectivity index (χ1) is 18.5. The van der Waals surface area contributed by atoms with Crippen LogP contribution in [0.3, 0.4) is 0 Å². The van der Waals surface area contributed by atoms with Gasteiger partial charge in [0.05, 0.1) is 36.9 Å². The molecule has 10 heteroatoms. The average molecular weight is 535 g/mol. The fraction of sp³-hybridized carbons (Fsp3) is 0.357. The summed E-state index contributed by atoms with van der Waals surface area (Å²) in [5, 5.41) is 12.5. The van der Waals surface area contributed by atoms with Crippen molar-refractivity contribution in [3.05, 3.63) is 71.6 Å². The number of aromatic nitrogens is 1. The first-order valence-corrected chi connectivity index (χ1v) is 13.6. The number of rotatable bonds is 9. The lowest BCUT2D eigenvalue weighted by Crippen LogP contribution is -2.34. The molecule has 198 valence electrons. The molecule has 5 rings (SSSR count). The van der Waals surface area contributed by atoms with Gasteiger partial charge < -0.3 is 19.3 Å². The fourth-order valence-corrected chi connectivity index (χ4v) is 5.59. The molecule has 0 spiro atoms. The highest BCUT2D eigenvalue weighted by Gasteiger charge is 2.31. The quantitative estimate of drug-likeness (QED) is 0.353. The molecule has 3 aromatic rings. The van der Waals surface area contributed by atoms with Gasteiger partial charge in [-0.2, -0.15) is 5.10 Å². The Bertz CT molecular complexity index is 1320. The number of hydrogen-bond acceptors (Lipinski definition) is 8. The van der Waals surface area contributed by atoms with Crippen LogP contribution in [0.1, 0.15) is 60.7 Å². The van der Waals surface area contributed by atoms with Crippen molar-refractivity contribution in [2.45, 2.75) is 56.9 Å². The van der Waals surface area contributed by atoms with Gasteiger partial charge in [0.25, 0.3) is 5.91 Å². The lowest BCUT2D eigenvalue weighted by Gasteiger charge is -2.29. The van der Waals surface area contributed by atoms with Crippen molar-refractivity contribution in [3.63, 3.8) is 0 Å². The van der Waals surface area contributed by atoms with E-state index in [1.807, 2.05) is 36.4 Å². The second-order valence-corrected chi connectivity index (χ2v) is 10.4. The van der Waals surface area contributed by atoms with Crippen LogP contribution < -0.4 is 14.8 Å². The molecule has 1 aromatic heterocycles. The van der Waals surface area contributed by atoms with Crippen LogP contribution in [0.15, 0.2) is 64.4 Å². The summed E-state index contributed by atoms with van der Waals surface area (Å²) in [4.78, 5) is 25.3. The molecule has 38 heavy (non-hydrogen) atoms. The topological polar surface area (TPSA) is 106 Å². The first-order valence-electron chi connectivity index (χ1n) is 12.8. The molecule has 0 bridgehead atoms. The van der Waals surface area contributed by atoms with E-state index in [0.717, 1.165) is 36.1 Å². The minimum Gasteiger partial charge on any atom is -0.493 e. The molecule has 1 atom stereocenters. The number of ether oxygens (including phenoxy) is 2. The van der Waals surface area contributed by atoms with Gasteiger partial charge in [0.15, 0.2) is 11.5 Å². The van der Waals surface area contributed by atoms with Crippen LogP contribution in [0.25, 0.3) is 0 Å². The SMILES string of the molecule is CCC1SC(=O)N(Cc2cccc(NC(=O)c3ccno3)c2)N=C1c1ccc(OC)c(OC2CCCC2)c1. The monoisotopic (exact) mass is 534 g/mol. The van der Waals surface area contributed by atoms with Crippen LogP contribution in [0.2, 0.25) is 0 Å². The van der Waals surface area contributed by atoms with Crippen molar-refractivity contribution in [1.29, 1.82) is 0 Å². The molecular formula is C28H30N4O5S. The van der Waals surface area contributed by atoms with E-state index in [0.29, 0.717) is 17.2 Å². The van der Waals surface area contributed by atoms with Crippen molar-refractivity contribution >= 4 is 34.3 Å². The number of carbonyl (C=O) groups excluding carboxylic acids is 2. The van der Waals surface area contributed by atoms with Crippen molar-refractivity contribution in [3.8, 4) is 11.5 Å². The smallest absolute Gasteiger partial charge is 0.302 e. The first kappa shape index (κ1) is 25.8. The Kier molecular flexibility index (Phi) is 7.97. The molecule has 1 saturated carbocycles. The Morgan fingerprint density at radius 3 is 2.74 bits per heavy atom. The number of nitrogens with one attached hydrogen (secondary N) is 1. The molecule has 0 radical (unpaired) electrons. The van der Waals surface area contributed by atoms with E-state index in [1.165, 1.54) is 41.9 Å². The molecule has 1 fully saturated rings. The van der Waals surface area contributed by atoms with Gasteiger partial charge in [-0.15, -0.1) is 0 Å². The fourth-order valence-electron chi connectivity index (χ4n) is 4.65. The van der Waals surface area contributed by atoms with Crippen LogP contribution >= 0.6 is 11.8 Å². The number of hydrogen-bond donors (Lipinski definition) is 1. The summed E-state index contributed by atoms with van der Waals surface area (Å²) >= 11 is 1.27. The standard InChI is InChI=1S/C28H30N4O5S/c1-3-25-26(19-11-12-22(35-2)24(16-19)36-21-9-4-5-10-21)31-32(28(34)38-25)17-18-7-6-8-20(15-18)30-27(33)23-13-14-29-37-23/h6-8,11-16,21,25H,3-5,9-10,17H2,1-2H3,(H,30,33). The number of anilines is 1. The van der Waals surface area contributed by atoms with E-state index >= 15 is 0 Å². The maximum absolute atomic E-state index is 13.0. The number of nitrogens with zero attached hydrogens (tertiary/aromatic N) is 3. The number of hydrazone groups is 1. The van der Waals surface area contributed by atoms with Gasteiger partial charge in [0.2, 0.25) is 5.76 Å². The van der Waals surface area contributed by atoms with Gasteiger partial charge >= 0.3 is 5.24 Å². The Balaban J connectivity index is 1.38. The Hall–Kier alpha value is -3.79. The number of thioether (sulfide) groups is 1. The highest BCUT2D eigenvalue weighted by Crippen LogP contribution is 2.36. The Morgan fingerprint density at radius 2 is 2.00 bits per heavy atom. The van der Waals surface area contributed by atoms with E-state index in [1.54, 1.807) is 13.2 Å². The predicted octanol–water partition coefficient (Wildman–Crippen LogP) is 6.11. The van der Waals surface area contributed by atoms with Crippen LogP contribution in [-0.2, 0) is 6.54 Å². The molecule has 2 amide bonds. The van der Waals surface area contributed by atoms with Gasteiger partial charge in [0, 0.05) is 17.3 Å². The zero-order valence-electron chi connectivity index (χ0n) is 21.4. The summed E-state index contributed by atoms with van der Waals surface area (Å²) in [7, 11) is 1.64. The van der Waals surface area contributed by atoms with E-state index in [9.17, 15) is 9.59 Å². The number of amides is 2. The van der Waals surface area contributed by atoms with Gasteiger partial charge in [-0.25, -0.2) is 5.01 Å². The van der Waals surface area contributed by atoms with Gasteiger partial charge in [-0.1, -0.05) is 36.0 Å². The third kappa shape index (κ3) is 5.85. The average Bonchev–Trinajstić information content (AvgIpc) is 3.65. The van der Waals surface area contributed by atoms with Gasteiger partial charge in [-0.3, -0.25) is 9.59 Å². The third-order valence-corrected chi connectivity index (χ3v) is 7.85. The lowest BCUT2D eigenvalue weighted by molar-refractivity contribution is 0.0988. The minimum absolute atomic E-state index is 0.0704. The number of benzene rings is 2. The van der Waals surface area contributed by atoms with Crippen molar-refractivity contribution in [1.82, 2.24) is 10.2 Å². The molecule has 2 heterocycles. The van der Waals surface area contributed by atoms with E-state index < -0.39 is 5.91 Å². The second kappa shape index (κ2) is 11.7. The Morgan fingerprint density at radius 1 is 1.16 bits per heavy atom. The third-order valence-electron chi connectivity index (χ3n) is 6.59. The molecule has 1 N–H and O–H groups in total. The maximum atomic E-state index is 13.0. The molecule has 2 aromatic carbocycles. The summed E-state index contributed by atoms with van der Waals surface area (Å²) in [6.07, 6.45) is 6.81. The van der Waals surface area contributed by atoms with Crippen molar-refractivity contribution in [2.24, 2.45) is 5.10 Å². The zero-order valence-corrected chi connectivity index (χ0v) is 22.2. The Labute approximate surface area is 225 Å². The summed E-state index contributed by atoms with van der Waals surface area (Å²) < 4.78 is 16.8. The van der Waals surface area contributed by atoms with Crippen LogP contribution in [0.4, 0.5) is 10.5 Å². The molecule has 9 nitrogen and oxygen atoms in total. The second-order valence-electron chi connectivity index (χ2n) is 9.24. The lowest BCUT2D eigenvalue weighted by atomic mass is 10.0.